The quantitative estimate of drug-likeness (QED) is 0.815. The van der Waals surface area contributed by atoms with Gasteiger partial charge in [0, 0.05) is 31.2 Å². The lowest BCUT2D eigenvalue weighted by atomic mass is 10.0. The zero-order valence-corrected chi connectivity index (χ0v) is 17.1. The maximum Gasteiger partial charge on any atom is 0.192 e. The van der Waals surface area contributed by atoms with Crippen molar-refractivity contribution in [3.63, 3.8) is 0 Å². The number of piperazine rings is 1. The van der Waals surface area contributed by atoms with Gasteiger partial charge in [0.2, 0.25) is 0 Å². The second-order valence-corrected chi connectivity index (χ2v) is 14.0. The maximum atomic E-state index is 6.58. The second kappa shape index (κ2) is 6.56. The third-order valence-corrected chi connectivity index (χ3v) is 10.9. The highest BCUT2D eigenvalue weighted by Gasteiger charge is 2.52. The van der Waals surface area contributed by atoms with Crippen molar-refractivity contribution in [3.8, 4) is 0 Å². The molecule has 1 N–H and O–H groups in total. The molecule has 1 aromatic rings. The number of nitrogens with zero attached hydrogens (tertiary/aromatic N) is 1. The van der Waals surface area contributed by atoms with E-state index in [1.807, 2.05) is 0 Å². The molecule has 3 rings (SSSR count). The highest BCUT2D eigenvalue weighted by Crippen LogP contribution is 2.45. The van der Waals surface area contributed by atoms with Gasteiger partial charge in [-0.1, -0.05) is 51.1 Å². The van der Waals surface area contributed by atoms with Crippen molar-refractivity contribution >= 4 is 8.32 Å². The molecule has 1 aromatic carbocycles. The van der Waals surface area contributed by atoms with Crippen LogP contribution in [0.25, 0.3) is 0 Å². The minimum atomic E-state index is -1.69. The zero-order chi connectivity index (χ0) is 17.4. The van der Waals surface area contributed by atoms with Gasteiger partial charge in [0.25, 0.3) is 0 Å². The molecule has 0 amide bonds. The predicted molar refractivity (Wildman–Crippen MR) is 104 cm³/mol. The summed E-state index contributed by atoms with van der Waals surface area (Å²) in [4.78, 5) is 2.74. The molecule has 0 bridgehead atoms. The molecule has 1 aliphatic carbocycles. The summed E-state index contributed by atoms with van der Waals surface area (Å²) in [5.74, 6) is 0. The van der Waals surface area contributed by atoms with E-state index in [0.29, 0.717) is 11.6 Å². The SMILES string of the molecule is CC(C)(C)[Si](C)(C)OC[C@H]1CNCC2(CC2)N1Cc1ccccc1. The van der Waals surface area contributed by atoms with E-state index < -0.39 is 8.32 Å². The van der Waals surface area contributed by atoms with Gasteiger partial charge in [-0.05, 0) is 36.5 Å². The molecule has 0 unspecified atom stereocenters. The molecule has 1 heterocycles. The summed E-state index contributed by atoms with van der Waals surface area (Å²) in [6.07, 6.45) is 2.65. The summed E-state index contributed by atoms with van der Waals surface area (Å²) in [6, 6.07) is 11.4. The van der Waals surface area contributed by atoms with E-state index in [4.69, 9.17) is 4.43 Å². The van der Waals surface area contributed by atoms with Gasteiger partial charge in [0.05, 0.1) is 6.61 Å². The van der Waals surface area contributed by atoms with Gasteiger partial charge < -0.3 is 9.74 Å². The third kappa shape index (κ3) is 3.77. The number of hydrogen-bond acceptors (Lipinski definition) is 3. The number of nitrogens with one attached hydrogen (secondary N) is 1. The highest BCUT2D eigenvalue weighted by atomic mass is 28.4. The average Bonchev–Trinajstić information content (AvgIpc) is 3.28. The van der Waals surface area contributed by atoms with Crippen molar-refractivity contribution in [3.05, 3.63) is 35.9 Å². The molecule has 24 heavy (non-hydrogen) atoms. The summed E-state index contributed by atoms with van der Waals surface area (Å²) < 4.78 is 6.58. The van der Waals surface area contributed by atoms with Crippen LogP contribution in [-0.2, 0) is 11.0 Å². The largest absolute Gasteiger partial charge is 0.415 e. The summed E-state index contributed by atoms with van der Waals surface area (Å²) in [5.41, 5.74) is 1.80. The molecule has 0 aromatic heterocycles. The Hall–Kier alpha value is -0.683. The molecular formula is C20H34N2OSi. The summed E-state index contributed by atoms with van der Waals surface area (Å²) in [6.45, 7) is 15.8. The standard InChI is InChI=1S/C20H34N2OSi/c1-19(2,3)24(4,5)23-15-18-13-21-16-20(11-12-20)22(18)14-17-9-7-6-8-10-17/h6-10,18,21H,11-16H2,1-5H3/t18-/m1/s1. The summed E-state index contributed by atoms with van der Waals surface area (Å²) >= 11 is 0. The molecule has 1 atom stereocenters. The van der Waals surface area contributed by atoms with E-state index in [1.54, 1.807) is 0 Å². The van der Waals surface area contributed by atoms with Crippen LogP contribution in [0.5, 0.6) is 0 Å². The minimum absolute atomic E-state index is 0.274. The topological polar surface area (TPSA) is 24.5 Å². The molecule has 2 fully saturated rings. The van der Waals surface area contributed by atoms with Crippen LogP contribution < -0.4 is 5.32 Å². The van der Waals surface area contributed by atoms with Crippen LogP contribution in [0.1, 0.15) is 39.2 Å². The molecule has 1 saturated heterocycles. The molecule has 134 valence electrons. The minimum Gasteiger partial charge on any atom is -0.415 e. The third-order valence-electron chi connectivity index (χ3n) is 6.35. The van der Waals surface area contributed by atoms with Crippen molar-refractivity contribution < 1.29 is 4.43 Å². The van der Waals surface area contributed by atoms with Gasteiger partial charge in [-0.25, -0.2) is 0 Å². The van der Waals surface area contributed by atoms with E-state index in [2.05, 4.69) is 74.4 Å². The number of hydrogen-bond donors (Lipinski definition) is 1. The number of rotatable bonds is 5. The van der Waals surface area contributed by atoms with E-state index in [0.717, 1.165) is 26.2 Å². The Labute approximate surface area is 148 Å². The van der Waals surface area contributed by atoms with Gasteiger partial charge >= 0.3 is 0 Å². The van der Waals surface area contributed by atoms with Gasteiger partial charge in [-0.2, -0.15) is 0 Å². The van der Waals surface area contributed by atoms with Crippen LogP contribution in [-0.4, -0.2) is 44.5 Å². The molecule has 0 radical (unpaired) electrons. The van der Waals surface area contributed by atoms with Gasteiger partial charge in [-0.3, -0.25) is 4.90 Å². The van der Waals surface area contributed by atoms with Crippen LogP contribution in [0, 0.1) is 0 Å². The summed E-state index contributed by atoms with van der Waals surface area (Å²) in [5, 5.41) is 3.95. The Morgan fingerprint density at radius 2 is 1.88 bits per heavy atom. The molecule has 4 heteroatoms. The fourth-order valence-corrected chi connectivity index (χ4v) is 4.47. The van der Waals surface area contributed by atoms with Crippen molar-refractivity contribution in [1.82, 2.24) is 10.2 Å². The Morgan fingerprint density at radius 1 is 1.21 bits per heavy atom. The molecule has 2 aliphatic rings. The van der Waals surface area contributed by atoms with Gasteiger partial charge in [0.1, 0.15) is 0 Å². The lowest BCUT2D eigenvalue weighted by molar-refractivity contribution is 0.0391. The van der Waals surface area contributed by atoms with E-state index in [-0.39, 0.29) is 5.04 Å². The molecular weight excluding hydrogens is 312 g/mol. The van der Waals surface area contributed by atoms with E-state index in [9.17, 15) is 0 Å². The number of benzene rings is 1. The Morgan fingerprint density at radius 3 is 2.46 bits per heavy atom. The fourth-order valence-electron chi connectivity index (χ4n) is 3.43. The predicted octanol–water partition coefficient (Wildman–Crippen LogP) is 4.01. The van der Waals surface area contributed by atoms with E-state index >= 15 is 0 Å². The Kier molecular flexibility index (Phi) is 4.95. The van der Waals surface area contributed by atoms with Crippen molar-refractivity contribution in [2.24, 2.45) is 0 Å². The second-order valence-electron chi connectivity index (χ2n) is 9.19. The smallest absolute Gasteiger partial charge is 0.192 e. The first-order valence-electron chi connectivity index (χ1n) is 9.39. The van der Waals surface area contributed by atoms with Crippen LogP contribution in [0.15, 0.2) is 30.3 Å². The highest BCUT2D eigenvalue weighted by molar-refractivity contribution is 6.74. The van der Waals surface area contributed by atoms with Crippen molar-refractivity contribution in [1.29, 1.82) is 0 Å². The van der Waals surface area contributed by atoms with Gasteiger partial charge in [0.15, 0.2) is 8.32 Å². The lowest BCUT2D eigenvalue weighted by Crippen LogP contribution is -2.61. The summed E-state index contributed by atoms with van der Waals surface area (Å²) in [7, 11) is -1.69. The molecule has 1 saturated carbocycles. The van der Waals surface area contributed by atoms with Crippen molar-refractivity contribution in [2.75, 3.05) is 19.7 Å². The van der Waals surface area contributed by atoms with Crippen LogP contribution in [0.2, 0.25) is 18.1 Å². The molecule has 3 nitrogen and oxygen atoms in total. The van der Waals surface area contributed by atoms with Crippen molar-refractivity contribution in [2.45, 2.75) is 69.9 Å². The zero-order valence-electron chi connectivity index (χ0n) is 16.1. The van der Waals surface area contributed by atoms with Crippen LogP contribution in [0.3, 0.4) is 0 Å². The first-order valence-corrected chi connectivity index (χ1v) is 12.3. The normalized spacial score (nSPS) is 24.3. The first-order chi connectivity index (χ1) is 11.2. The van der Waals surface area contributed by atoms with Gasteiger partial charge in [-0.15, -0.1) is 0 Å². The monoisotopic (exact) mass is 346 g/mol. The van der Waals surface area contributed by atoms with E-state index in [1.165, 1.54) is 18.4 Å². The van der Waals surface area contributed by atoms with Crippen LogP contribution in [0.4, 0.5) is 0 Å². The molecule has 1 aliphatic heterocycles. The Bertz CT molecular complexity index is 549. The fraction of sp³-hybridized carbons (Fsp3) is 0.700. The molecule has 1 spiro atoms. The maximum absolute atomic E-state index is 6.58. The average molecular weight is 347 g/mol. The Balaban J connectivity index is 1.70. The van der Waals surface area contributed by atoms with Crippen LogP contribution >= 0.6 is 0 Å². The first kappa shape index (κ1) is 18.1. The lowest BCUT2D eigenvalue weighted by Gasteiger charge is -2.45.